The zero-order chi connectivity index (χ0) is 12.1. The summed E-state index contributed by atoms with van der Waals surface area (Å²) < 4.78 is 6.57. The topological polar surface area (TPSA) is 56.1 Å². The summed E-state index contributed by atoms with van der Waals surface area (Å²) in [5.41, 5.74) is 1.38. The second-order valence-corrected chi connectivity index (χ2v) is 4.22. The number of nitrogens with one attached hydrogen (secondary N) is 1. The second kappa shape index (κ2) is 6.00. The Hall–Kier alpha value is -0.880. The Balaban J connectivity index is 2.67. The molecule has 0 radical (unpaired) electrons. The first kappa shape index (κ1) is 13.2. The second-order valence-electron chi connectivity index (χ2n) is 3.57. The summed E-state index contributed by atoms with van der Waals surface area (Å²) in [4.78, 5) is 11.9. The molecule has 1 unspecified atom stereocenters. The number of halogens is 1. The van der Waals surface area contributed by atoms with Crippen LogP contribution in [0.2, 0.25) is 0 Å². The highest BCUT2D eigenvalue weighted by atomic mass is 79.9. The molecule has 16 heavy (non-hydrogen) atoms. The van der Waals surface area contributed by atoms with Crippen LogP contribution in [0.1, 0.15) is 16.2 Å². The maximum absolute atomic E-state index is 11.9. The molecule has 1 N–H and O–H groups in total. The molecule has 0 aromatic carbocycles. The summed E-state index contributed by atoms with van der Waals surface area (Å²) in [7, 11) is 3.36. The van der Waals surface area contributed by atoms with E-state index in [4.69, 9.17) is 4.74 Å². The first-order chi connectivity index (χ1) is 7.58. The van der Waals surface area contributed by atoms with Crippen LogP contribution in [-0.4, -0.2) is 40.8 Å². The minimum atomic E-state index is -0.135. The quantitative estimate of drug-likeness (QED) is 0.819. The van der Waals surface area contributed by atoms with Gasteiger partial charge in [-0.05, 0) is 13.0 Å². The molecule has 0 fully saturated rings. The van der Waals surface area contributed by atoms with Crippen molar-refractivity contribution in [3.63, 3.8) is 0 Å². The van der Waals surface area contributed by atoms with Crippen LogP contribution >= 0.6 is 15.9 Å². The third-order valence-electron chi connectivity index (χ3n) is 2.12. The average molecular weight is 290 g/mol. The highest BCUT2D eigenvalue weighted by Crippen LogP contribution is 2.02. The van der Waals surface area contributed by atoms with Gasteiger partial charge in [0.05, 0.1) is 18.3 Å². The van der Waals surface area contributed by atoms with Gasteiger partial charge >= 0.3 is 0 Å². The van der Waals surface area contributed by atoms with E-state index in [0.29, 0.717) is 17.6 Å². The van der Waals surface area contributed by atoms with Gasteiger partial charge in [-0.3, -0.25) is 9.48 Å². The zero-order valence-corrected chi connectivity index (χ0v) is 11.2. The summed E-state index contributed by atoms with van der Waals surface area (Å²) in [5.74, 6) is -0.135. The van der Waals surface area contributed by atoms with Crippen molar-refractivity contribution >= 4 is 21.8 Å². The Morgan fingerprint density at radius 2 is 2.44 bits per heavy atom. The summed E-state index contributed by atoms with van der Waals surface area (Å²) in [6, 6.07) is 1.72. The SMILES string of the molecule is COCC(CBr)NC(=O)c1cc(C)nn1C. The Kier molecular flexibility index (Phi) is 4.95. The van der Waals surface area contributed by atoms with Gasteiger partial charge in [0.25, 0.3) is 5.91 Å². The molecule has 1 heterocycles. The predicted molar refractivity (Wildman–Crippen MR) is 64.9 cm³/mol. The molecule has 0 bridgehead atoms. The summed E-state index contributed by atoms with van der Waals surface area (Å²) in [6.07, 6.45) is 0. The summed E-state index contributed by atoms with van der Waals surface area (Å²) in [6.45, 7) is 2.34. The molecule has 0 aliphatic heterocycles. The number of rotatable bonds is 5. The van der Waals surface area contributed by atoms with Crippen molar-refractivity contribution in [1.29, 1.82) is 0 Å². The largest absolute Gasteiger partial charge is 0.383 e. The summed E-state index contributed by atoms with van der Waals surface area (Å²) >= 11 is 3.32. The fourth-order valence-corrected chi connectivity index (χ4v) is 1.76. The Bertz CT molecular complexity index is 365. The van der Waals surface area contributed by atoms with Crippen LogP contribution < -0.4 is 5.32 Å². The third-order valence-corrected chi connectivity index (χ3v) is 2.91. The molecule has 0 saturated carbocycles. The van der Waals surface area contributed by atoms with E-state index in [1.54, 1.807) is 24.9 Å². The first-order valence-electron chi connectivity index (χ1n) is 4.95. The maximum Gasteiger partial charge on any atom is 0.269 e. The number of carbonyl (C=O) groups is 1. The molecular weight excluding hydrogens is 274 g/mol. The van der Waals surface area contributed by atoms with Gasteiger partial charge in [0.1, 0.15) is 5.69 Å². The average Bonchev–Trinajstić information content (AvgIpc) is 2.57. The van der Waals surface area contributed by atoms with Crippen LogP contribution in [0.5, 0.6) is 0 Å². The number of ether oxygens (including phenoxy) is 1. The van der Waals surface area contributed by atoms with Gasteiger partial charge in [0.15, 0.2) is 0 Å². The number of hydrogen-bond donors (Lipinski definition) is 1. The molecule has 0 aliphatic rings. The molecule has 5 nitrogen and oxygen atoms in total. The molecular formula is C10H16BrN3O2. The zero-order valence-electron chi connectivity index (χ0n) is 9.66. The van der Waals surface area contributed by atoms with Crippen LogP contribution in [0, 0.1) is 6.92 Å². The van der Waals surface area contributed by atoms with Crippen molar-refractivity contribution in [3.05, 3.63) is 17.5 Å². The predicted octanol–water partition coefficient (Wildman–Crippen LogP) is 0.868. The molecule has 0 saturated heterocycles. The molecule has 1 aromatic rings. The number of aryl methyl sites for hydroxylation is 2. The van der Waals surface area contributed by atoms with E-state index in [1.165, 1.54) is 0 Å². The van der Waals surface area contributed by atoms with Crippen LogP contribution in [-0.2, 0) is 11.8 Å². The maximum atomic E-state index is 11.9. The van der Waals surface area contributed by atoms with Crippen molar-refractivity contribution in [1.82, 2.24) is 15.1 Å². The van der Waals surface area contributed by atoms with Gasteiger partial charge in [0, 0.05) is 19.5 Å². The molecule has 6 heteroatoms. The highest BCUT2D eigenvalue weighted by molar-refractivity contribution is 9.09. The van der Waals surface area contributed by atoms with E-state index in [2.05, 4.69) is 26.3 Å². The van der Waals surface area contributed by atoms with Crippen molar-refractivity contribution in [2.24, 2.45) is 7.05 Å². The van der Waals surface area contributed by atoms with E-state index in [9.17, 15) is 4.79 Å². The Labute approximate surface area is 103 Å². The highest BCUT2D eigenvalue weighted by Gasteiger charge is 2.15. The fourth-order valence-electron chi connectivity index (χ4n) is 1.41. The van der Waals surface area contributed by atoms with Gasteiger partial charge in [-0.2, -0.15) is 5.10 Å². The van der Waals surface area contributed by atoms with E-state index >= 15 is 0 Å². The lowest BCUT2D eigenvalue weighted by Gasteiger charge is -2.14. The van der Waals surface area contributed by atoms with Crippen molar-refractivity contribution in [2.45, 2.75) is 13.0 Å². The van der Waals surface area contributed by atoms with E-state index in [1.807, 2.05) is 6.92 Å². The number of carbonyl (C=O) groups excluding carboxylic acids is 1. The number of nitrogens with zero attached hydrogens (tertiary/aromatic N) is 2. The van der Waals surface area contributed by atoms with Crippen LogP contribution in [0.4, 0.5) is 0 Å². The van der Waals surface area contributed by atoms with E-state index in [0.717, 1.165) is 5.69 Å². The lowest BCUT2D eigenvalue weighted by atomic mass is 10.3. The molecule has 90 valence electrons. The van der Waals surface area contributed by atoms with Gasteiger partial charge < -0.3 is 10.1 Å². The third kappa shape index (κ3) is 3.31. The van der Waals surface area contributed by atoms with Crippen molar-refractivity contribution in [2.75, 3.05) is 19.0 Å². The summed E-state index contributed by atoms with van der Waals surface area (Å²) in [5, 5.41) is 7.65. The number of alkyl halides is 1. The normalized spacial score (nSPS) is 12.5. The van der Waals surface area contributed by atoms with Crippen molar-refractivity contribution in [3.8, 4) is 0 Å². The minimum Gasteiger partial charge on any atom is -0.383 e. The van der Waals surface area contributed by atoms with E-state index in [-0.39, 0.29) is 11.9 Å². The van der Waals surface area contributed by atoms with Gasteiger partial charge in [-0.15, -0.1) is 0 Å². The Morgan fingerprint density at radius 1 is 1.75 bits per heavy atom. The number of amides is 1. The fraction of sp³-hybridized carbons (Fsp3) is 0.600. The van der Waals surface area contributed by atoms with E-state index < -0.39 is 0 Å². The Morgan fingerprint density at radius 3 is 2.88 bits per heavy atom. The van der Waals surface area contributed by atoms with Crippen LogP contribution in [0.15, 0.2) is 6.07 Å². The number of hydrogen-bond acceptors (Lipinski definition) is 3. The molecule has 1 rings (SSSR count). The monoisotopic (exact) mass is 289 g/mol. The first-order valence-corrected chi connectivity index (χ1v) is 6.07. The lowest BCUT2D eigenvalue weighted by Crippen LogP contribution is -2.39. The van der Waals surface area contributed by atoms with Gasteiger partial charge in [0.2, 0.25) is 0 Å². The van der Waals surface area contributed by atoms with Gasteiger partial charge in [-0.1, -0.05) is 15.9 Å². The number of aromatic nitrogens is 2. The minimum absolute atomic E-state index is 0.0345. The number of methoxy groups -OCH3 is 1. The molecule has 1 atom stereocenters. The van der Waals surface area contributed by atoms with Crippen LogP contribution in [0.3, 0.4) is 0 Å². The lowest BCUT2D eigenvalue weighted by molar-refractivity contribution is 0.0898. The van der Waals surface area contributed by atoms with Crippen molar-refractivity contribution < 1.29 is 9.53 Å². The molecule has 0 spiro atoms. The molecule has 1 aromatic heterocycles. The van der Waals surface area contributed by atoms with Crippen LogP contribution in [0.25, 0.3) is 0 Å². The molecule has 0 aliphatic carbocycles. The van der Waals surface area contributed by atoms with Gasteiger partial charge in [-0.25, -0.2) is 0 Å². The molecule has 1 amide bonds. The standard InChI is InChI=1S/C10H16BrN3O2/c1-7-4-9(14(2)13-7)10(15)12-8(5-11)6-16-3/h4,8H,5-6H2,1-3H3,(H,12,15). The smallest absolute Gasteiger partial charge is 0.269 e.